The summed E-state index contributed by atoms with van der Waals surface area (Å²) in [6.07, 6.45) is 2.34. The molecule has 0 unspecified atom stereocenters. The van der Waals surface area contributed by atoms with Gasteiger partial charge in [0.05, 0.1) is 6.61 Å². The molecule has 3 nitrogen and oxygen atoms in total. The van der Waals surface area contributed by atoms with Gasteiger partial charge < -0.3 is 4.74 Å². The monoisotopic (exact) mass is 244 g/mol. The third-order valence-corrected chi connectivity index (χ3v) is 3.35. The summed E-state index contributed by atoms with van der Waals surface area (Å²) in [5.74, 6) is -0.581. The molecule has 1 atom stereocenters. The van der Waals surface area contributed by atoms with Gasteiger partial charge in [0.15, 0.2) is 5.78 Å². The van der Waals surface area contributed by atoms with E-state index in [9.17, 15) is 9.59 Å². The molecule has 2 rings (SSSR count). The summed E-state index contributed by atoms with van der Waals surface area (Å²) in [4.78, 5) is 24.6. The van der Waals surface area contributed by atoms with Crippen LogP contribution in [0.2, 0.25) is 0 Å². The van der Waals surface area contributed by atoms with E-state index in [1.54, 1.807) is 19.1 Å². The highest BCUT2D eigenvalue weighted by molar-refractivity contribution is 6.16. The standard InChI is InChI=1S/C15H16O3/c1-3-9-15(14(17)18-4-2)10-11-7-5-6-8-12(11)13(15)16/h3,5-8H,1,4,9-10H2,2H3/t15-/m1/s1. The molecule has 0 heterocycles. The maximum absolute atomic E-state index is 12.5. The van der Waals surface area contributed by atoms with Gasteiger partial charge >= 0.3 is 5.97 Å². The van der Waals surface area contributed by atoms with E-state index in [4.69, 9.17) is 4.74 Å². The SMILES string of the molecule is C=CC[C@@]1(C(=O)OCC)Cc2ccccc2C1=O. The van der Waals surface area contributed by atoms with Crippen molar-refractivity contribution in [2.45, 2.75) is 19.8 Å². The fourth-order valence-electron chi connectivity index (χ4n) is 2.49. The fourth-order valence-corrected chi connectivity index (χ4v) is 2.49. The Bertz CT molecular complexity index is 504. The third-order valence-electron chi connectivity index (χ3n) is 3.35. The molecule has 0 aromatic heterocycles. The molecular formula is C15H16O3. The number of benzene rings is 1. The summed E-state index contributed by atoms with van der Waals surface area (Å²) in [5.41, 5.74) is 0.450. The van der Waals surface area contributed by atoms with Gasteiger partial charge in [-0.15, -0.1) is 6.58 Å². The van der Waals surface area contributed by atoms with Crippen molar-refractivity contribution in [2.75, 3.05) is 6.61 Å². The third kappa shape index (κ3) is 1.76. The van der Waals surface area contributed by atoms with E-state index in [-0.39, 0.29) is 12.4 Å². The molecule has 0 amide bonds. The number of esters is 1. The van der Waals surface area contributed by atoms with Crippen molar-refractivity contribution in [3.63, 3.8) is 0 Å². The van der Waals surface area contributed by atoms with Crippen molar-refractivity contribution >= 4 is 11.8 Å². The maximum atomic E-state index is 12.5. The van der Waals surface area contributed by atoms with Crippen LogP contribution in [-0.2, 0) is 16.0 Å². The second-order valence-electron chi connectivity index (χ2n) is 4.46. The van der Waals surface area contributed by atoms with E-state index in [1.165, 1.54) is 0 Å². The summed E-state index contributed by atoms with van der Waals surface area (Å²) >= 11 is 0. The van der Waals surface area contributed by atoms with Crippen molar-refractivity contribution in [1.82, 2.24) is 0 Å². The highest BCUT2D eigenvalue weighted by Gasteiger charge is 2.51. The topological polar surface area (TPSA) is 43.4 Å². The van der Waals surface area contributed by atoms with Crippen molar-refractivity contribution in [3.05, 3.63) is 48.0 Å². The summed E-state index contributed by atoms with van der Waals surface area (Å²) in [6, 6.07) is 7.34. The molecule has 94 valence electrons. The van der Waals surface area contributed by atoms with Crippen LogP contribution in [0.25, 0.3) is 0 Å². The number of rotatable bonds is 4. The van der Waals surface area contributed by atoms with Crippen molar-refractivity contribution in [2.24, 2.45) is 5.41 Å². The predicted octanol–water partition coefficient (Wildman–Crippen LogP) is 2.55. The Labute approximate surface area is 106 Å². The minimum atomic E-state index is -1.10. The lowest BCUT2D eigenvalue weighted by molar-refractivity contribution is -0.151. The van der Waals surface area contributed by atoms with Crippen molar-refractivity contribution in [1.29, 1.82) is 0 Å². The summed E-state index contributed by atoms with van der Waals surface area (Å²) in [6.45, 7) is 5.67. The van der Waals surface area contributed by atoms with Crippen molar-refractivity contribution < 1.29 is 14.3 Å². The first-order valence-electron chi connectivity index (χ1n) is 6.06. The molecule has 1 aromatic carbocycles. The quantitative estimate of drug-likeness (QED) is 0.464. The van der Waals surface area contributed by atoms with E-state index in [2.05, 4.69) is 6.58 Å². The number of carbonyl (C=O) groups excluding carboxylic acids is 2. The predicted molar refractivity (Wildman–Crippen MR) is 68.4 cm³/mol. The minimum absolute atomic E-state index is 0.142. The lowest BCUT2D eigenvalue weighted by Gasteiger charge is -2.23. The summed E-state index contributed by atoms with van der Waals surface area (Å²) < 4.78 is 5.08. The Morgan fingerprint density at radius 1 is 1.50 bits per heavy atom. The highest BCUT2D eigenvalue weighted by Crippen LogP contribution is 2.40. The minimum Gasteiger partial charge on any atom is -0.465 e. The number of fused-ring (bicyclic) bond motifs is 1. The van der Waals surface area contributed by atoms with Crippen LogP contribution < -0.4 is 0 Å². The normalized spacial score (nSPS) is 21.5. The molecule has 0 aliphatic heterocycles. The molecule has 0 saturated heterocycles. The molecule has 1 aromatic rings. The van der Waals surface area contributed by atoms with Crippen LogP contribution in [0.15, 0.2) is 36.9 Å². The zero-order valence-electron chi connectivity index (χ0n) is 10.4. The van der Waals surface area contributed by atoms with Gasteiger partial charge in [-0.3, -0.25) is 9.59 Å². The van der Waals surface area contributed by atoms with E-state index < -0.39 is 11.4 Å². The number of hydrogen-bond acceptors (Lipinski definition) is 3. The Kier molecular flexibility index (Phi) is 3.32. The maximum Gasteiger partial charge on any atom is 0.320 e. The molecule has 0 spiro atoms. The number of hydrogen-bond donors (Lipinski definition) is 0. The number of carbonyl (C=O) groups is 2. The van der Waals surface area contributed by atoms with Gasteiger partial charge in [0.25, 0.3) is 0 Å². The van der Waals surface area contributed by atoms with Gasteiger partial charge in [-0.05, 0) is 25.3 Å². The van der Waals surface area contributed by atoms with Gasteiger partial charge in [-0.25, -0.2) is 0 Å². The van der Waals surface area contributed by atoms with Gasteiger partial charge in [0, 0.05) is 5.56 Å². The van der Waals surface area contributed by atoms with E-state index in [1.807, 2.05) is 18.2 Å². The number of allylic oxidation sites excluding steroid dienone is 1. The number of ether oxygens (including phenoxy) is 1. The lowest BCUT2D eigenvalue weighted by atomic mass is 9.80. The highest BCUT2D eigenvalue weighted by atomic mass is 16.5. The molecule has 0 saturated carbocycles. The molecule has 0 radical (unpaired) electrons. The zero-order valence-corrected chi connectivity index (χ0v) is 10.4. The molecule has 0 fully saturated rings. The molecule has 3 heteroatoms. The average Bonchev–Trinajstić information content (AvgIpc) is 2.65. The smallest absolute Gasteiger partial charge is 0.320 e. The Hall–Kier alpha value is -1.90. The lowest BCUT2D eigenvalue weighted by Crippen LogP contribution is -2.38. The first-order valence-corrected chi connectivity index (χ1v) is 6.06. The Morgan fingerprint density at radius 3 is 2.83 bits per heavy atom. The van der Waals surface area contributed by atoms with Gasteiger partial charge in [-0.1, -0.05) is 30.3 Å². The zero-order chi connectivity index (χ0) is 13.2. The second-order valence-corrected chi connectivity index (χ2v) is 4.46. The van der Waals surface area contributed by atoms with Crippen LogP contribution in [0.5, 0.6) is 0 Å². The molecule has 18 heavy (non-hydrogen) atoms. The molecule has 1 aliphatic carbocycles. The van der Waals surface area contributed by atoms with Crippen LogP contribution >= 0.6 is 0 Å². The number of ketones is 1. The number of Topliss-reactive ketones (excluding diaryl/α,β-unsaturated/α-hetero) is 1. The summed E-state index contributed by atoms with van der Waals surface area (Å²) in [5, 5.41) is 0. The Balaban J connectivity index is 2.44. The molecule has 1 aliphatic rings. The molecule has 0 bridgehead atoms. The first-order chi connectivity index (χ1) is 8.65. The van der Waals surface area contributed by atoms with Gasteiger partial charge in [-0.2, -0.15) is 0 Å². The van der Waals surface area contributed by atoms with Crippen LogP contribution in [0.4, 0.5) is 0 Å². The van der Waals surface area contributed by atoms with Gasteiger partial charge in [0.2, 0.25) is 0 Å². The van der Waals surface area contributed by atoms with E-state index in [0.717, 1.165) is 5.56 Å². The molecular weight excluding hydrogens is 228 g/mol. The summed E-state index contributed by atoms with van der Waals surface area (Å²) in [7, 11) is 0. The fraction of sp³-hybridized carbons (Fsp3) is 0.333. The van der Waals surface area contributed by atoms with E-state index in [0.29, 0.717) is 18.4 Å². The molecule has 0 N–H and O–H groups in total. The van der Waals surface area contributed by atoms with Gasteiger partial charge in [0.1, 0.15) is 5.41 Å². The van der Waals surface area contributed by atoms with Crippen LogP contribution in [0, 0.1) is 5.41 Å². The first kappa shape index (κ1) is 12.6. The Morgan fingerprint density at radius 2 is 2.22 bits per heavy atom. The van der Waals surface area contributed by atoms with Crippen molar-refractivity contribution in [3.8, 4) is 0 Å². The largest absolute Gasteiger partial charge is 0.465 e. The van der Waals surface area contributed by atoms with E-state index >= 15 is 0 Å². The average molecular weight is 244 g/mol. The van der Waals surface area contributed by atoms with Crippen LogP contribution in [-0.4, -0.2) is 18.4 Å². The second kappa shape index (κ2) is 4.77. The van der Waals surface area contributed by atoms with Crippen LogP contribution in [0.1, 0.15) is 29.3 Å². The van der Waals surface area contributed by atoms with Crippen LogP contribution in [0.3, 0.4) is 0 Å².